The molecule has 0 bridgehead atoms. The Bertz CT molecular complexity index is 945. The number of amides is 2. The zero-order chi connectivity index (χ0) is 19.1. The average molecular weight is 360 g/mol. The molecular weight excluding hydrogens is 336 g/mol. The van der Waals surface area contributed by atoms with Crippen LogP contribution >= 0.6 is 0 Å². The number of aryl methyl sites for hydroxylation is 1. The van der Waals surface area contributed by atoms with Gasteiger partial charge in [-0.1, -0.05) is 61.5 Å². The minimum absolute atomic E-state index is 0.0984. The molecule has 2 N–H and O–H groups in total. The summed E-state index contributed by atoms with van der Waals surface area (Å²) in [6.45, 7) is 2.61. The number of anilines is 1. The Morgan fingerprint density at radius 1 is 0.889 bits per heavy atom. The van der Waals surface area contributed by atoms with Crippen LogP contribution in [0.2, 0.25) is 0 Å². The smallest absolute Gasteiger partial charge is 0.253 e. The Morgan fingerprint density at radius 3 is 2.48 bits per heavy atom. The highest BCUT2D eigenvalue weighted by Gasteiger charge is 2.13. The number of carbonyl (C=O) groups excluding carboxylic acids is 2. The predicted octanol–water partition coefficient (Wildman–Crippen LogP) is 4.55. The van der Waals surface area contributed by atoms with E-state index in [1.807, 2.05) is 31.2 Å². The van der Waals surface area contributed by atoms with Crippen LogP contribution in [0.15, 0.2) is 66.7 Å². The van der Waals surface area contributed by atoms with Crippen molar-refractivity contribution < 1.29 is 9.59 Å². The SMILES string of the molecule is CCCNC(=O)c1ccccc1NC(=O)CCc1cccc2ccccc12. The highest BCUT2D eigenvalue weighted by molar-refractivity contribution is 6.03. The summed E-state index contributed by atoms with van der Waals surface area (Å²) in [4.78, 5) is 24.7. The largest absolute Gasteiger partial charge is 0.352 e. The van der Waals surface area contributed by atoms with Crippen LogP contribution in [0.4, 0.5) is 5.69 Å². The normalized spacial score (nSPS) is 10.6. The first-order chi connectivity index (χ1) is 13.2. The third-order valence-electron chi connectivity index (χ3n) is 4.48. The zero-order valence-corrected chi connectivity index (χ0v) is 15.5. The monoisotopic (exact) mass is 360 g/mol. The summed E-state index contributed by atoms with van der Waals surface area (Å²) in [6.07, 6.45) is 1.88. The van der Waals surface area contributed by atoms with Gasteiger partial charge in [-0.05, 0) is 41.3 Å². The number of hydrogen-bond donors (Lipinski definition) is 2. The van der Waals surface area contributed by atoms with Crippen molar-refractivity contribution in [3.63, 3.8) is 0 Å². The summed E-state index contributed by atoms with van der Waals surface area (Å²) in [5.41, 5.74) is 2.19. The lowest BCUT2D eigenvalue weighted by atomic mass is 10.0. The van der Waals surface area contributed by atoms with E-state index >= 15 is 0 Å². The second kappa shape index (κ2) is 8.99. The number of benzene rings is 3. The molecule has 3 aromatic carbocycles. The van der Waals surface area contributed by atoms with Crippen LogP contribution in [0.5, 0.6) is 0 Å². The van der Waals surface area contributed by atoms with Crippen molar-refractivity contribution in [2.24, 2.45) is 0 Å². The van der Waals surface area contributed by atoms with Crippen LogP contribution in [-0.4, -0.2) is 18.4 Å². The van der Waals surface area contributed by atoms with Crippen LogP contribution in [0.3, 0.4) is 0 Å². The molecule has 0 spiro atoms. The Labute approximate surface area is 159 Å². The molecular formula is C23H24N2O2. The molecule has 3 rings (SSSR count). The fourth-order valence-corrected chi connectivity index (χ4v) is 3.10. The summed E-state index contributed by atoms with van der Waals surface area (Å²) in [5, 5.41) is 8.08. The van der Waals surface area contributed by atoms with Crippen LogP contribution in [0.1, 0.15) is 35.7 Å². The maximum atomic E-state index is 12.5. The molecule has 2 amide bonds. The third kappa shape index (κ3) is 4.73. The minimum atomic E-state index is -0.165. The first-order valence-corrected chi connectivity index (χ1v) is 9.32. The van der Waals surface area contributed by atoms with E-state index in [0.29, 0.717) is 30.6 Å². The fourth-order valence-electron chi connectivity index (χ4n) is 3.10. The zero-order valence-electron chi connectivity index (χ0n) is 15.5. The Kier molecular flexibility index (Phi) is 6.21. The summed E-state index contributed by atoms with van der Waals surface area (Å²) < 4.78 is 0. The maximum Gasteiger partial charge on any atom is 0.253 e. The lowest BCUT2D eigenvalue weighted by molar-refractivity contribution is -0.116. The molecule has 0 aliphatic rings. The molecule has 0 saturated carbocycles. The van der Waals surface area contributed by atoms with E-state index in [2.05, 4.69) is 34.9 Å². The highest BCUT2D eigenvalue weighted by atomic mass is 16.2. The van der Waals surface area contributed by atoms with Gasteiger partial charge < -0.3 is 10.6 Å². The Morgan fingerprint density at radius 2 is 1.63 bits per heavy atom. The minimum Gasteiger partial charge on any atom is -0.352 e. The fraction of sp³-hybridized carbons (Fsp3) is 0.217. The van der Waals surface area contributed by atoms with Gasteiger partial charge in [0.25, 0.3) is 5.91 Å². The predicted molar refractivity (Wildman–Crippen MR) is 110 cm³/mol. The van der Waals surface area contributed by atoms with Gasteiger partial charge in [-0.3, -0.25) is 9.59 Å². The molecule has 0 aliphatic carbocycles. The molecule has 0 atom stereocenters. The van der Waals surface area contributed by atoms with E-state index in [4.69, 9.17) is 0 Å². The quantitative estimate of drug-likeness (QED) is 0.649. The molecule has 0 radical (unpaired) electrons. The molecule has 0 aliphatic heterocycles. The summed E-state index contributed by atoms with van der Waals surface area (Å²) in [5.74, 6) is -0.263. The second-order valence-electron chi connectivity index (χ2n) is 6.49. The first-order valence-electron chi connectivity index (χ1n) is 9.32. The van der Waals surface area contributed by atoms with Crippen LogP contribution in [-0.2, 0) is 11.2 Å². The number of nitrogens with one attached hydrogen (secondary N) is 2. The van der Waals surface area contributed by atoms with Gasteiger partial charge in [0.1, 0.15) is 0 Å². The average Bonchev–Trinajstić information content (AvgIpc) is 2.71. The van der Waals surface area contributed by atoms with Gasteiger partial charge in [-0.2, -0.15) is 0 Å². The van der Waals surface area contributed by atoms with Gasteiger partial charge in [-0.25, -0.2) is 0 Å². The number of hydrogen-bond acceptors (Lipinski definition) is 2. The molecule has 138 valence electrons. The summed E-state index contributed by atoms with van der Waals surface area (Å²) in [7, 11) is 0. The van der Waals surface area contributed by atoms with E-state index in [-0.39, 0.29) is 11.8 Å². The van der Waals surface area contributed by atoms with Gasteiger partial charge in [0.05, 0.1) is 11.3 Å². The topological polar surface area (TPSA) is 58.2 Å². The van der Waals surface area contributed by atoms with Crippen molar-refractivity contribution in [1.29, 1.82) is 0 Å². The van der Waals surface area contributed by atoms with Crippen LogP contribution in [0, 0.1) is 0 Å². The number of fused-ring (bicyclic) bond motifs is 1. The van der Waals surface area contributed by atoms with Crippen molar-refractivity contribution >= 4 is 28.3 Å². The molecule has 0 fully saturated rings. The Hall–Kier alpha value is -3.14. The molecule has 0 saturated heterocycles. The van der Waals surface area contributed by atoms with Crippen molar-refractivity contribution in [2.45, 2.75) is 26.2 Å². The van der Waals surface area contributed by atoms with Crippen molar-refractivity contribution in [1.82, 2.24) is 5.32 Å². The van der Waals surface area contributed by atoms with E-state index in [1.54, 1.807) is 18.2 Å². The van der Waals surface area contributed by atoms with E-state index in [1.165, 1.54) is 10.8 Å². The lowest BCUT2D eigenvalue weighted by Gasteiger charge is -2.11. The van der Waals surface area contributed by atoms with Gasteiger partial charge >= 0.3 is 0 Å². The maximum absolute atomic E-state index is 12.5. The van der Waals surface area contributed by atoms with Crippen molar-refractivity contribution in [2.75, 3.05) is 11.9 Å². The molecule has 0 heterocycles. The molecule has 3 aromatic rings. The molecule has 27 heavy (non-hydrogen) atoms. The molecule has 4 heteroatoms. The summed E-state index contributed by atoms with van der Waals surface area (Å²) in [6, 6.07) is 21.4. The van der Waals surface area contributed by atoms with E-state index < -0.39 is 0 Å². The summed E-state index contributed by atoms with van der Waals surface area (Å²) >= 11 is 0. The van der Waals surface area contributed by atoms with Crippen LogP contribution in [0.25, 0.3) is 10.8 Å². The standard InChI is InChI=1S/C23H24N2O2/c1-2-16-24-23(27)20-12-5-6-13-21(20)25-22(26)15-14-18-10-7-9-17-8-3-4-11-19(17)18/h3-13H,2,14-16H2,1H3,(H,24,27)(H,25,26). The molecule has 0 aromatic heterocycles. The number of carbonyl (C=O) groups is 2. The van der Waals surface area contributed by atoms with Crippen LogP contribution < -0.4 is 10.6 Å². The van der Waals surface area contributed by atoms with Gasteiger partial charge in [-0.15, -0.1) is 0 Å². The number of para-hydroxylation sites is 1. The van der Waals surface area contributed by atoms with Crippen molar-refractivity contribution in [3.8, 4) is 0 Å². The van der Waals surface area contributed by atoms with Gasteiger partial charge in [0, 0.05) is 13.0 Å². The van der Waals surface area contributed by atoms with E-state index in [0.717, 1.165) is 12.0 Å². The molecule has 4 nitrogen and oxygen atoms in total. The Balaban J connectivity index is 1.67. The first kappa shape index (κ1) is 18.6. The molecule has 0 unspecified atom stereocenters. The van der Waals surface area contributed by atoms with Crippen molar-refractivity contribution in [3.05, 3.63) is 77.9 Å². The van der Waals surface area contributed by atoms with Gasteiger partial charge in [0.15, 0.2) is 0 Å². The van der Waals surface area contributed by atoms with E-state index in [9.17, 15) is 9.59 Å². The van der Waals surface area contributed by atoms with Gasteiger partial charge in [0.2, 0.25) is 5.91 Å². The highest BCUT2D eigenvalue weighted by Crippen LogP contribution is 2.20. The second-order valence-corrected chi connectivity index (χ2v) is 6.49. The lowest BCUT2D eigenvalue weighted by Crippen LogP contribution is -2.25. The number of rotatable bonds is 7. The third-order valence-corrected chi connectivity index (χ3v) is 4.48.